The van der Waals surface area contributed by atoms with E-state index < -0.39 is 5.56 Å². The van der Waals surface area contributed by atoms with Crippen molar-refractivity contribution in [2.24, 2.45) is 0 Å². The Morgan fingerprint density at radius 1 is 1.18 bits per heavy atom. The van der Waals surface area contributed by atoms with Gasteiger partial charge >= 0.3 is 0 Å². The van der Waals surface area contributed by atoms with Crippen molar-refractivity contribution < 1.29 is 9.53 Å². The fourth-order valence-corrected chi connectivity index (χ4v) is 3.05. The first-order valence-electron chi connectivity index (χ1n) is 8.05. The second-order valence-corrected chi connectivity index (χ2v) is 6.96. The van der Waals surface area contributed by atoms with Crippen LogP contribution in [0.1, 0.15) is 0 Å². The molecule has 0 radical (unpaired) electrons. The molecule has 144 valence electrons. The van der Waals surface area contributed by atoms with E-state index in [1.54, 1.807) is 55.6 Å². The number of rotatable bonds is 6. The molecule has 0 aliphatic rings. The van der Waals surface area contributed by atoms with Gasteiger partial charge in [-0.05, 0) is 36.4 Å². The first kappa shape index (κ1) is 19.7. The number of anilines is 1. The molecule has 8 nitrogen and oxygen atoms in total. The van der Waals surface area contributed by atoms with Crippen molar-refractivity contribution in [2.75, 3.05) is 24.0 Å². The standard InChI is InChI=1S/C18H16ClN5O3S/c1-27-14-8-6-13(7-9-14)21-15(25)10-28-18-23-22-16(17(26)24(18)20)11-2-4-12(19)5-3-11/h2-9H,10,20H2,1H3,(H,21,25). The number of hydrogen-bond acceptors (Lipinski definition) is 7. The molecule has 1 amide bonds. The minimum absolute atomic E-state index is 0.0115. The van der Waals surface area contributed by atoms with Gasteiger partial charge in [-0.25, -0.2) is 0 Å². The summed E-state index contributed by atoms with van der Waals surface area (Å²) in [4.78, 5) is 24.6. The van der Waals surface area contributed by atoms with E-state index in [0.29, 0.717) is 22.0 Å². The van der Waals surface area contributed by atoms with Crippen molar-refractivity contribution in [3.8, 4) is 17.0 Å². The average molecular weight is 418 g/mol. The maximum Gasteiger partial charge on any atom is 0.299 e. The molecule has 0 saturated carbocycles. The predicted molar refractivity (Wildman–Crippen MR) is 109 cm³/mol. The van der Waals surface area contributed by atoms with Gasteiger partial charge in [-0.1, -0.05) is 35.5 Å². The van der Waals surface area contributed by atoms with Crippen LogP contribution in [-0.4, -0.2) is 33.6 Å². The lowest BCUT2D eigenvalue weighted by Gasteiger charge is -2.08. The zero-order chi connectivity index (χ0) is 20.1. The predicted octanol–water partition coefficient (Wildman–Crippen LogP) is 2.41. The Morgan fingerprint density at radius 3 is 2.50 bits per heavy atom. The lowest BCUT2D eigenvalue weighted by atomic mass is 10.2. The molecule has 0 saturated heterocycles. The maximum absolute atomic E-state index is 12.4. The van der Waals surface area contributed by atoms with Crippen LogP contribution in [0.3, 0.4) is 0 Å². The molecule has 1 aromatic heterocycles. The van der Waals surface area contributed by atoms with E-state index >= 15 is 0 Å². The minimum atomic E-state index is -0.518. The van der Waals surface area contributed by atoms with Crippen LogP contribution in [0.15, 0.2) is 58.5 Å². The Balaban J connectivity index is 1.67. The number of halogens is 1. The summed E-state index contributed by atoms with van der Waals surface area (Å²) in [5.41, 5.74) is 0.761. The minimum Gasteiger partial charge on any atom is -0.497 e. The molecular weight excluding hydrogens is 402 g/mol. The quantitative estimate of drug-likeness (QED) is 0.467. The van der Waals surface area contributed by atoms with Crippen molar-refractivity contribution in [1.82, 2.24) is 14.9 Å². The Hall–Kier alpha value is -3.04. The molecule has 3 rings (SSSR count). The van der Waals surface area contributed by atoms with Gasteiger partial charge in [0, 0.05) is 16.3 Å². The molecule has 10 heteroatoms. The molecule has 1 heterocycles. The normalized spacial score (nSPS) is 10.5. The third-order valence-corrected chi connectivity index (χ3v) is 4.88. The highest BCUT2D eigenvalue weighted by Gasteiger charge is 2.14. The summed E-state index contributed by atoms with van der Waals surface area (Å²) in [6.45, 7) is 0. The highest BCUT2D eigenvalue weighted by atomic mass is 35.5. The van der Waals surface area contributed by atoms with Crippen molar-refractivity contribution >= 4 is 35.0 Å². The summed E-state index contributed by atoms with van der Waals surface area (Å²) in [6, 6.07) is 13.5. The molecule has 0 unspecified atom stereocenters. The Kier molecular flexibility index (Phi) is 6.17. The van der Waals surface area contributed by atoms with E-state index in [4.69, 9.17) is 22.2 Å². The Labute approximate surface area is 169 Å². The van der Waals surface area contributed by atoms with Crippen LogP contribution in [0, 0.1) is 0 Å². The third kappa shape index (κ3) is 4.62. The van der Waals surface area contributed by atoms with Crippen LogP contribution < -0.4 is 21.5 Å². The maximum atomic E-state index is 12.4. The van der Waals surface area contributed by atoms with Crippen molar-refractivity contribution in [3.05, 3.63) is 63.9 Å². The number of methoxy groups -OCH3 is 1. The summed E-state index contributed by atoms with van der Waals surface area (Å²) in [5.74, 6) is 6.26. The van der Waals surface area contributed by atoms with Gasteiger partial charge in [-0.2, -0.15) is 4.68 Å². The summed E-state index contributed by atoms with van der Waals surface area (Å²) < 4.78 is 5.94. The van der Waals surface area contributed by atoms with E-state index in [-0.39, 0.29) is 22.5 Å². The number of ether oxygens (including phenoxy) is 1. The number of aromatic nitrogens is 3. The fraction of sp³-hybridized carbons (Fsp3) is 0.111. The molecule has 0 fully saturated rings. The molecular formula is C18H16ClN5O3S. The lowest BCUT2D eigenvalue weighted by Crippen LogP contribution is -2.32. The molecule has 0 spiro atoms. The molecule has 2 aromatic carbocycles. The topological polar surface area (TPSA) is 112 Å². The Morgan fingerprint density at radius 2 is 1.86 bits per heavy atom. The number of nitrogens with zero attached hydrogens (tertiary/aromatic N) is 3. The number of nitrogens with two attached hydrogens (primary N) is 1. The monoisotopic (exact) mass is 417 g/mol. The molecule has 0 bridgehead atoms. The highest BCUT2D eigenvalue weighted by Crippen LogP contribution is 2.19. The molecule has 0 aliphatic carbocycles. The van der Waals surface area contributed by atoms with E-state index in [0.717, 1.165) is 16.4 Å². The summed E-state index contributed by atoms with van der Waals surface area (Å²) in [6.07, 6.45) is 0. The lowest BCUT2D eigenvalue weighted by molar-refractivity contribution is -0.113. The first-order valence-corrected chi connectivity index (χ1v) is 9.41. The zero-order valence-electron chi connectivity index (χ0n) is 14.8. The van der Waals surface area contributed by atoms with Crippen LogP contribution in [0.2, 0.25) is 5.02 Å². The van der Waals surface area contributed by atoms with E-state index in [9.17, 15) is 9.59 Å². The number of carbonyl (C=O) groups excluding carboxylic acids is 1. The molecule has 28 heavy (non-hydrogen) atoms. The smallest absolute Gasteiger partial charge is 0.299 e. The molecule has 3 aromatic rings. The summed E-state index contributed by atoms with van der Waals surface area (Å²) in [5, 5.41) is 11.3. The highest BCUT2D eigenvalue weighted by molar-refractivity contribution is 7.99. The van der Waals surface area contributed by atoms with Crippen LogP contribution in [-0.2, 0) is 4.79 Å². The Bertz CT molecular complexity index is 1040. The van der Waals surface area contributed by atoms with Gasteiger partial charge in [0.2, 0.25) is 11.1 Å². The molecule has 0 aliphatic heterocycles. The first-order chi connectivity index (χ1) is 13.5. The van der Waals surface area contributed by atoms with E-state index in [1.165, 1.54) is 0 Å². The van der Waals surface area contributed by atoms with Crippen molar-refractivity contribution in [2.45, 2.75) is 5.16 Å². The zero-order valence-corrected chi connectivity index (χ0v) is 16.3. The fourth-order valence-electron chi connectivity index (χ4n) is 2.27. The number of nitrogen functional groups attached to an aromatic ring is 1. The average Bonchev–Trinajstić information content (AvgIpc) is 2.70. The number of thioether (sulfide) groups is 1. The second-order valence-electron chi connectivity index (χ2n) is 5.58. The van der Waals surface area contributed by atoms with E-state index in [1.807, 2.05) is 0 Å². The van der Waals surface area contributed by atoms with Gasteiger partial charge in [0.15, 0.2) is 5.69 Å². The number of benzene rings is 2. The van der Waals surface area contributed by atoms with Crippen LogP contribution in [0.25, 0.3) is 11.3 Å². The number of amides is 1. The number of hydrogen-bond donors (Lipinski definition) is 2. The molecule has 3 N–H and O–H groups in total. The van der Waals surface area contributed by atoms with Crippen molar-refractivity contribution in [1.29, 1.82) is 0 Å². The number of carbonyl (C=O) groups is 1. The third-order valence-electron chi connectivity index (χ3n) is 3.69. The van der Waals surface area contributed by atoms with E-state index in [2.05, 4.69) is 15.5 Å². The van der Waals surface area contributed by atoms with Gasteiger partial charge in [0.05, 0.1) is 12.9 Å². The summed E-state index contributed by atoms with van der Waals surface area (Å²) in [7, 11) is 1.57. The summed E-state index contributed by atoms with van der Waals surface area (Å²) >= 11 is 6.86. The van der Waals surface area contributed by atoms with Crippen molar-refractivity contribution in [3.63, 3.8) is 0 Å². The molecule has 0 atom stereocenters. The number of nitrogens with one attached hydrogen (secondary N) is 1. The second kappa shape index (κ2) is 8.77. The van der Waals surface area contributed by atoms with Crippen LogP contribution >= 0.6 is 23.4 Å². The van der Waals surface area contributed by atoms with Gasteiger partial charge in [-0.3, -0.25) is 9.59 Å². The van der Waals surface area contributed by atoms with Gasteiger partial charge in [-0.15, -0.1) is 10.2 Å². The largest absolute Gasteiger partial charge is 0.497 e. The van der Waals surface area contributed by atoms with Gasteiger partial charge < -0.3 is 15.9 Å². The SMILES string of the molecule is COc1ccc(NC(=O)CSc2nnc(-c3ccc(Cl)cc3)c(=O)n2N)cc1. The van der Waals surface area contributed by atoms with Crippen LogP contribution in [0.5, 0.6) is 5.75 Å². The van der Waals surface area contributed by atoms with Gasteiger partial charge in [0.25, 0.3) is 5.56 Å². The van der Waals surface area contributed by atoms with Crippen LogP contribution in [0.4, 0.5) is 5.69 Å². The van der Waals surface area contributed by atoms with Gasteiger partial charge in [0.1, 0.15) is 5.75 Å².